The fourth-order valence-electron chi connectivity index (χ4n) is 2.39. The molecule has 1 aliphatic rings. The van der Waals surface area contributed by atoms with Crippen LogP contribution in [0.4, 0.5) is 5.82 Å². The number of aromatic hydroxyl groups is 1. The van der Waals surface area contributed by atoms with E-state index in [0.29, 0.717) is 6.04 Å². The van der Waals surface area contributed by atoms with Crippen LogP contribution >= 0.6 is 0 Å². The first kappa shape index (κ1) is 11.1. The lowest BCUT2D eigenvalue weighted by molar-refractivity contribution is 0.476. The Morgan fingerprint density at radius 2 is 2.17 bits per heavy atom. The van der Waals surface area contributed by atoms with Crippen LogP contribution in [0.15, 0.2) is 42.6 Å². The lowest BCUT2D eigenvalue weighted by Gasteiger charge is -2.20. The Morgan fingerprint density at radius 1 is 1.22 bits per heavy atom. The van der Waals surface area contributed by atoms with Crippen LogP contribution in [0, 0.1) is 0 Å². The van der Waals surface area contributed by atoms with Crippen molar-refractivity contribution in [1.29, 1.82) is 0 Å². The summed E-state index contributed by atoms with van der Waals surface area (Å²) in [5.74, 6) is 1.14. The average molecular weight is 240 g/mol. The molecule has 0 radical (unpaired) electrons. The van der Waals surface area contributed by atoms with Crippen LogP contribution in [0.5, 0.6) is 5.75 Å². The van der Waals surface area contributed by atoms with E-state index < -0.39 is 0 Å². The maximum absolute atomic E-state index is 9.59. The molecule has 3 nitrogen and oxygen atoms in total. The van der Waals surface area contributed by atoms with Crippen LogP contribution in [0.2, 0.25) is 0 Å². The molecule has 0 fully saturated rings. The van der Waals surface area contributed by atoms with Gasteiger partial charge in [0.05, 0.1) is 0 Å². The van der Waals surface area contributed by atoms with E-state index in [9.17, 15) is 5.11 Å². The van der Waals surface area contributed by atoms with Gasteiger partial charge in [-0.25, -0.2) is 4.98 Å². The number of hydrogen-bond acceptors (Lipinski definition) is 3. The van der Waals surface area contributed by atoms with Crippen molar-refractivity contribution in [1.82, 2.24) is 4.98 Å². The molecule has 1 heterocycles. The topological polar surface area (TPSA) is 45.2 Å². The Hall–Kier alpha value is -2.03. The van der Waals surface area contributed by atoms with Gasteiger partial charge in [0.15, 0.2) is 0 Å². The molecule has 92 valence electrons. The van der Waals surface area contributed by atoms with Gasteiger partial charge in [-0.15, -0.1) is 0 Å². The van der Waals surface area contributed by atoms with Gasteiger partial charge >= 0.3 is 0 Å². The molecule has 2 aromatic rings. The van der Waals surface area contributed by atoms with E-state index in [2.05, 4.69) is 22.5 Å². The first-order valence-corrected chi connectivity index (χ1v) is 6.32. The van der Waals surface area contributed by atoms with E-state index in [1.54, 1.807) is 18.3 Å². The quantitative estimate of drug-likeness (QED) is 0.790. The van der Waals surface area contributed by atoms with Crippen LogP contribution < -0.4 is 5.32 Å². The summed E-state index contributed by atoms with van der Waals surface area (Å²) in [5, 5.41) is 15.1. The molecule has 3 rings (SSSR count). The number of phenols is 1. The van der Waals surface area contributed by atoms with E-state index >= 15 is 0 Å². The second kappa shape index (κ2) is 4.69. The van der Waals surface area contributed by atoms with E-state index in [-0.39, 0.29) is 5.75 Å². The van der Waals surface area contributed by atoms with Crippen molar-refractivity contribution in [2.24, 2.45) is 0 Å². The summed E-state index contributed by atoms with van der Waals surface area (Å²) in [6.07, 6.45) is 9.53. The van der Waals surface area contributed by atoms with Gasteiger partial charge in [-0.1, -0.05) is 18.2 Å². The summed E-state index contributed by atoms with van der Waals surface area (Å²) in [5.41, 5.74) is 0. The molecule has 2 N–H and O–H groups in total. The van der Waals surface area contributed by atoms with Gasteiger partial charge in [0.25, 0.3) is 0 Å². The summed E-state index contributed by atoms with van der Waals surface area (Å²) >= 11 is 0. The molecule has 0 aliphatic heterocycles. The number of pyridine rings is 1. The number of nitrogens with zero attached hydrogens (tertiary/aromatic N) is 1. The Balaban J connectivity index is 1.95. The SMILES string of the molecule is Oc1ccc2ccnc(NC3CC=CCC3)c2c1. The predicted molar refractivity (Wildman–Crippen MR) is 73.8 cm³/mol. The Morgan fingerprint density at radius 3 is 3.00 bits per heavy atom. The minimum atomic E-state index is 0.280. The average Bonchev–Trinajstić information content (AvgIpc) is 2.41. The molecule has 0 amide bonds. The van der Waals surface area contributed by atoms with Crippen molar-refractivity contribution >= 4 is 16.6 Å². The molecule has 0 spiro atoms. The van der Waals surface area contributed by atoms with Gasteiger partial charge < -0.3 is 10.4 Å². The van der Waals surface area contributed by atoms with Crippen molar-refractivity contribution in [3.63, 3.8) is 0 Å². The lowest BCUT2D eigenvalue weighted by Crippen LogP contribution is -2.21. The molecule has 1 aliphatic carbocycles. The van der Waals surface area contributed by atoms with Crippen LogP contribution in [0.25, 0.3) is 10.8 Å². The van der Waals surface area contributed by atoms with E-state index in [0.717, 1.165) is 35.9 Å². The summed E-state index contributed by atoms with van der Waals surface area (Å²) < 4.78 is 0. The van der Waals surface area contributed by atoms with Crippen molar-refractivity contribution in [2.75, 3.05) is 5.32 Å². The van der Waals surface area contributed by atoms with Gasteiger partial charge in [0.1, 0.15) is 11.6 Å². The number of phenolic OH excluding ortho intramolecular Hbond substituents is 1. The number of fused-ring (bicyclic) bond motifs is 1. The highest BCUT2D eigenvalue weighted by Gasteiger charge is 2.11. The van der Waals surface area contributed by atoms with Crippen molar-refractivity contribution in [2.45, 2.75) is 25.3 Å². The number of hydrogen-bond donors (Lipinski definition) is 2. The predicted octanol–water partition coefficient (Wildman–Crippen LogP) is 3.46. The highest BCUT2D eigenvalue weighted by atomic mass is 16.3. The second-order valence-electron chi connectivity index (χ2n) is 4.69. The molecular weight excluding hydrogens is 224 g/mol. The van der Waals surface area contributed by atoms with Crippen molar-refractivity contribution < 1.29 is 5.11 Å². The molecule has 1 aromatic carbocycles. The zero-order valence-corrected chi connectivity index (χ0v) is 10.1. The van der Waals surface area contributed by atoms with Gasteiger partial charge in [-0.2, -0.15) is 0 Å². The number of benzene rings is 1. The molecule has 0 saturated carbocycles. The second-order valence-corrected chi connectivity index (χ2v) is 4.69. The minimum Gasteiger partial charge on any atom is -0.508 e. The summed E-state index contributed by atoms with van der Waals surface area (Å²) in [6, 6.07) is 7.79. The summed E-state index contributed by atoms with van der Waals surface area (Å²) in [6.45, 7) is 0. The van der Waals surface area contributed by atoms with Gasteiger partial charge in [0, 0.05) is 17.6 Å². The van der Waals surface area contributed by atoms with Crippen LogP contribution in [0.3, 0.4) is 0 Å². The maximum Gasteiger partial charge on any atom is 0.134 e. The van der Waals surface area contributed by atoms with E-state index in [1.165, 1.54) is 0 Å². The largest absolute Gasteiger partial charge is 0.508 e. The number of allylic oxidation sites excluding steroid dienone is 1. The van der Waals surface area contributed by atoms with Crippen LogP contribution in [-0.2, 0) is 0 Å². The fourth-order valence-corrected chi connectivity index (χ4v) is 2.39. The fraction of sp³-hybridized carbons (Fsp3) is 0.267. The Labute approximate surface area is 106 Å². The van der Waals surface area contributed by atoms with Crippen molar-refractivity contribution in [3.05, 3.63) is 42.6 Å². The van der Waals surface area contributed by atoms with Crippen LogP contribution in [-0.4, -0.2) is 16.1 Å². The molecule has 1 atom stereocenters. The van der Waals surface area contributed by atoms with Gasteiger partial charge in [-0.05, 0) is 42.8 Å². The number of nitrogens with one attached hydrogen (secondary N) is 1. The molecule has 1 unspecified atom stereocenters. The molecule has 0 saturated heterocycles. The highest BCUT2D eigenvalue weighted by Crippen LogP contribution is 2.26. The summed E-state index contributed by atoms with van der Waals surface area (Å²) in [4.78, 5) is 4.40. The highest BCUT2D eigenvalue weighted by molar-refractivity contribution is 5.92. The normalized spacial score (nSPS) is 19.0. The standard InChI is InChI=1S/C15H16N2O/c18-13-7-6-11-8-9-16-15(14(11)10-13)17-12-4-2-1-3-5-12/h1-2,6-10,12,18H,3-5H2,(H,16,17). The first-order valence-electron chi connectivity index (χ1n) is 6.32. The Kier molecular flexibility index (Phi) is 2.89. The third kappa shape index (κ3) is 2.16. The zero-order valence-electron chi connectivity index (χ0n) is 10.1. The number of aromatic nitrogens is 1. The van der Waals surface area contributed by atoms with Crippen molar-refractivity contribution in [3.8, 4) is 5.75 Å². The smallest absolute Gasteiger partial charge is 0.134 e. The summed E-state index contributed by atoms with van der Waals surface area (Å²) in [7, 11) is 0. The monoisotopic (exact) mass is 240 g/mol. The van der Waals surface area contributed by atoms with E-state index in [1.807, 2.05) is 12.1 Å². The Bertz CT molecular complexity index is 592. The number of anilines is 1. The van der Waals surface area contributed by atoms with Crippen LogP contribution in [0.1, 0.15) is 19.3 Å². The number of rotatable bonds is 2. The lowest BCUT2D eigenvalue weighted by atomic mass is 10.0. The maximum atomic E-state index is 9.59. The first-order chi connectivity index (χ1) is 8.83. The van der Waals surface area contributed by atoms with Gasteiger partial charge in [0.2, 0.25) is 0 Å². The molecule has 3 heteroatoms. The molecule has 0 bridgehead atoms. The molecule has 1 aromatic heterocycles. The molecule has 18 heavy (non-hydrogen) atoms. The third-order valence-electron chi connectivity index (χ3n) is 3.36. The van der Waals surface area contributed by atoms with Gasteiger partial charge in [-0.3, -0.25) is 0 Å². The van der Waals surface area contributed by atoms with E-state index in [4.69, 9.17) is 0 Å². The molecular formula is C15H16N2O. The zero-order chi connectivity index (χ0) is 12.4. The minimum absolute atomic E-state index is 0.280. The third-order valence-corrected chi connectivity index (χ3v) is 3.36.